The Morgan fingerprint density at radius 3 is 2.63 bits per heavy atom. The highest BCUT2D eigenvalue weighted by Gasteiger charge is 2.10. The van der Waals surface area contributed by atoms with Crippen molar-refractivity contribution < 1.29 is 14.3 Å². The van der Waals surface area contributed by atoms with Crippen molar-refractivity contribution in [3.05, 3.63) is 17.9 Å². The van der Waals surface area contributed by atoms with E-state index < -0.39 is 5.97 Å². The number of carboxylic acids is 1. The van der Waals surface area contributed by atoms with E-state index >= 15 is 0 Å². The lowest BCUT2D eigenvalue weighted by atomic mass is 10.2. The van der Waals surface area contributed by atoms with E-state index in [9.17, 15) is 4.79 Å². The Labute approximate surface area is 114 Å². The molecule has 0 radical (unpaired) electrons. The molecule has 1 heterocycles. The van der Waals surface area contributed by atoms with Gasteiger partial charge in [-0.3, -0.25) is 0 Å². The molecule has 0 aromatic carbocycles. The second-order valence-corrected chi connectivity index (χ2v) is 4.68. The first-order valence-corrected chi connectivity index (χ1v) is 6.88. The van der Waals surface area contributed by atoms with Gasteiger partial charge in [-0.1, -0.05) is 13.8 Å². The highest BCUT2D eigenvalue weighted by atomic mass is 16.4. The van der Waals surface area contributed by atoms with Crippen LogP contribution in [0.4, 0.5) is 5.88 Å². The van der Waals surface area contributed by atoms with Crippen molar-refractivity contribution >= 4 is 11.9 Å². The Hall–Kier alpha value is -1.49. The van der Waals surface area contributed by atoms with Crippen LogP contribution in [-0.2, 0) is 0 Å². The SMILES string of the molecule is CCN(CC)CCCC(C)Nc1ccc(C(=O)O)o1. The van der Waals surface area contributed by atoms with Crippen molar-refractivity contribution in [3.63, 3.8) is 0 Å². The number of hydrogen-bond donors (Lipinski definition) is 2. The van der Waals surface area contributed by atoms with E-state index in [1.807, 2.05) is 0 Å². The molecule has 2 N–H and O–H groups in total. The first kappa shape index (κ1) is 15.6. The third-order valence-electron chi connectivity index (χ3n) is 3.21. The monoisotopic (exact) mass is 268 g/mol. The van der Waals surface area contributed by atoms with Gasteiger partial charge in [0.25, 0.3) is 0 Å². The molecule has 0 saturated heterocycles. The Kier molecular flexibility index (Phi) is 6.42. The van der Waals surface area contributed by atoms with Crippen LogP contribution in [0.15, 0.2) is 16.5 Å². The molecule has 108 valence electrons. The highest BCUT2D eigenvalue weighted by molar-refractivity contribution is 5.84. The van der Waals surface area contributed by atoms with Crippen LogP contribution in [0, 0.1) is 0 Å². The Balaban J connectivity index is 2.30. The standard InChI is InChI=1S/C14H24N2O3/c1-4-16(5-2)10-6-7-11(3)15-13-9-8-12(19-13)14(17)18/h8-9,11,15H,4-7,10H2,1-3H3,(H,17,18). The smallest absolute Gasteiger partial charge is 0.371 e. The molecule has 0 saturated carbocycles. The number of anilines is 1. The van der Waals surface area contributed by atoms with Gasteiger partial charge in [0.1, 0.15) is 0 Å². The fourth-order valence-electron chi connectivity index (χ4n) is 2.01. The second-order valence-electron chi connectivity index (χ2n) is 4.68. The van der Waals surface area contributed by atoms with Crippen molar-refractivity contribution in [2.45, 2.75) is 39.7 Å². The van der Waals surface area contributed by atoms with Gasteiger partial charge in [0.05, 0.1) is 0 Å². The second kappa shape index (κ2) is 7.84. The average Bonchev–Trinajstić information content (AvgIpc) is 2.83. The third-order valence-corrected chi connectivity index (χ3v) is 3.21. The predicted octanol–water partition coefficient (Wildman–Crippen LogP) is 2.90. The molecule has 1 rings (SSSR count). The van der Waals surface area contributed by atoms with E-state index in [-0.39, 0.29) is 11.8 Å². The third kappa shape index (κ3) is 5.34. The van der Waals surface area contributed by atoms with Crippen molar-refractivity contribution in [1.82, 2.24) is 4.90 Å². The normalized spacial score (nSPS) is 12.6. The molecule has 1 aromatic rings. The maximum atomic E-state index is 10.7. The van der Waals surface area contributed by atoms with Crippen LogP contribution in [0.2, 0.25) is 0 Å². The number of carboxylic acid groups (broad SMARTS) is 1. The zero-order valence-electron chi connectivity index (χ0n) is 12.0. The zero-order valence-corrected chi connectivity index (χ0v) is 12.0. The molecule has 1 atom stereocenters. The van der Waals surface area contributed by atoms with Crippen LogP contribution in [-0.4, -0.2) is 41.7 Å². The minimum Gasteiger partial charge on any atom is -0.475 e. The predicted molar refractivity (Wildman–Crippen MR) is 75.8 cm³/mol. The summed E-state index contributed by atoms with van der Waals surface area (Å²) in [5, 5.41) is 11.9. The summed E-state index contributed by atoms with van der Waals surface area (Å²) >= 11 is 0. The van der Waals surface area contributed by atoms with Crippen molar-refractivity contribution in [3.8, 4) is 0 Å². The molecule has 0 aliphatic heterocycles. The zero-order chi connectivity index (χ0) is 14.3. The number of nitrogens with one attached hydrogen (secondary N) is 1. The number of rotatable bonds is 9. The van der Waals surface area contributed by atoms with Gasteiger partial charge in [-0.2, -0.15) is 0 Å². The molecular weight excluding hydrogens is 244 g/mol. The minimum absolute atomic E-state index is 0.0298. The van der Waals surface area contributed by atoms with Crippen LogP contribution >= 0.6 is 0 Å². The van der Waals surface area contributed by atoms with E-state index in [0.29, 0.717) is 5.88 Å². The van der Waals surface area contributed by atoms with E-state index in [0.717, 1.165) is 32.5 Å². The fraction of sp³-hybridized carbons (Fsp3) is 0.643. The lowest BCUT2D eigenvalue weighted by molar-refractivity contribution is 0.0663. The molecule has 5 heteroatoms. The molecule has 1 aromatic heterocycles. The number of hydrogen-bond acceptors (Lipinski definition) is 4. The first-order chi connectivity index (χ1) is 9.06. The molecule has 0 bridgehead atoms. The Bertz CT molecular complexity index is 386. The Morgan fingerprint density at radius 2 is 2.11 bits per heavy atom. The summed E-state index contributed by atoms with van der Waals surface area (Å²) in [4.78, 5) is 13.1. The molecule has 19 heavy (non-hydrogen) atoms. The van der Waals surface area contributed by atoms with E-state index in [1.54, 1.807) is 6.07 Å². The molecule has 0 aliphatic carbocycles. The molecule has 1 unspecified atom stereocenters. The summed E-state index contributed by atoms with van der Waals surface area (Å²) in [5.74, 6) is -0.548. The van der Waals surface area contributed by atoms with Crippen LogP contribution in [0.3, 0.4) is 0 Å². The molecule has 0 aliphatic rings. The summed E-state index contributed by atoms with van der Waals surface area (Å²) in [6.45, 7) is 9.67. The lowest BCUT2D eigenvalue weighted by Crippen LogP contribution is -2.25. The molecular formula is C14H24N2O3. The summed E-state index contributed by atoms with van der Waals surface area (Å²) < 4.78 is 5.16. The average molecular weight is 268 g/mol. The van der Waals surface area contributed by atoms with Gasteiger partial charge in [-0.15, -0.1) is 0 Å². The van der Waals surface area contributed by atoms with Gasteiger partial charge in [-0.25, -0.2) is 4.79 Å². The maximum absolute atomic E-state index is 10.7. The number of furan rings is 1. The Morgan fingerprint density at radius 1 is 1.42 bits per heavy atom. The first-order valence-electron chi connectivity index (χ1n) is 6.88. The fourth-order valence-corrected chi connectivity index (χ4v) is 2.01. The molecule has 0 spiro atoms. The van der Waals surface area contributed by atoms with Gasteiger partial charge in [0, 0.05) is 12.1 Å². The van der Waals surface area contributed by atoms with Gasteiger partial charge in [0.2, 0.25) is 5.76 Å². The number of aromatic carboxylic acids is 1. The van der Waals surface area contributed by atoms with Crippen LogP contribution in [0.1, 0.15) is 44.2 Å². The quantitative estimate of drug-likeness (QED) is 0.721. The topological polar surface area (TPSA) is 65.7 Å². The summed E-state index contributed by atoms with van der Waals surface area (Å²) in [5.41, 5.74) is 0. The van der Waals surface area contributed by atoms with E-state index in [2.05, 4.69) is 31.0 Å². The number of nitrogens with zero attached hydrogens (tertiary/aromatic N) is 1. The van der Waals surface area contributed by atoms with Crippen LogP contribution in [0.25, 0.3) is 0 Å². The summed E-state index contributed by atoms with van der Waals surface area (Å²) in [6.07, 6.45) is 2.14. The van der Waals surface area contributed by atoms with Gasteiger partial charge >= 0.3 is 5.97 Å². The summed E-state index contributed by atoms with van der Waals surface area (Å²) in [6, 6.07) is 3.39. The molecule has 0 amide bonds. The van der Waals surface area contributed by atoms with Crippen LogP contribution in [0.5, 0.6) is 0 Å². The van der Waals surface area contributed by atoms with Gasteiger partial charge in [-0.05, 0) is 45.5 Å². The summed E-state index contributed by atoms with van der Waals surface area (Å²) in [7, 11) is 0. The van der Waals surface area contributed by atoms with Gasteiger partial charge in [0.15, 0.2) is 5.88 Å². The van der Waals surface area contributed by atoms with Crippen molar-refractivity contribution in [2.24, 2.45) is 0 Å². The molecule has 5 nitrogen and oxygen atoms in total. The van der Waals surface area contributed by atoms with Crippen molar-refractivity contribution in [1.29, 1.82) is 0 Å². The number of carbonyl (C=O) groups is 1. The highest BCUT2D eigenvalue weighted by Crippen LogP contribution is 2.15. The maximum Gasteiger partial charge on any atom is 0.371 e. The minimum atomic E-state index is -1.04. The largest absolute Gasteiger partial charge is 0.475 e. The van der Waals surface area contributed by atoms with Gasteiger partial charge < -0.3 is 19.7 Å². The van der Waals surface area contributed by atoms with E-state index in [1.165, 1.54) is 6.07 Å². The van der Waals surface area contributed by atoms with Crippen LogP contribution < -0.4 is 5.32 Å². The lowest BCUT2D eigenvalue weighted by Gasteiger charge is -2.19. The van der Waals surface area contributed by atoms with Crippen molar-refractivity contribution in [2.75, 3.05) is 25.0 Å². The molecule has 0 fully saturated rings. The van der Waals surface area contributed by atoms with E-state index in [4.69, 9.17) is 9.52 Å².